The molecule has 0 radical (unpaired) electrons. The zero-order chi connectivity index (χ0) is 14.1. The van der Waals surface area contributed by atoms with Crippen LogP contribution >= 0.6 is 0 Å². The van der Waals surface area contributed by atoms with Gasteiger partial charge in [-0.2, -0.15) is 0 Å². The first-order valence-electron chi connectivity index (χ1n) is 6.36. The lowest BCUT2D eigenvalue weighted by atomic mass is 10.1. The Morgan fingerprint density at radius 2 is 2.05 bits per heavy atom. The summed E-state index contributed by atoms with van der Waals surface area (Å²) in [5.41, 5.74) is 1.10. The van der Waals surface area contributed by atoms with Crippen molar-refractivity contribution in [3.63, 3.8) is 0 Å². The number of hydrogen-bond donors (Lipinski definition) is 1. The minimum absolute atomic E-state index is 0.270. The van der Waals surface area contributed by atoms with Crippen molar-refractivity contribution in [3.05, 3.63) is 35.9 Å². The Kier molecular flexibility index (Phi) is 7.10. The van der Waals surface area contributed by atoms with Crippen LogP contribution in [-0.4, -0.2) is 37.8 Å². The first-order chi connectivity index (χ1) is 9.17. The van der Waals surface area contributed by atoms with Gasteiger partial charge in [-0.3, -0.25) is 10.6 Å². The highest BCUT2D eigenvalue weighted by atomic mass is 16.5. The topological polar surface area (TPSA) is 64.8 Å². The second kappa shape index (κ2) is 8.63. The summed E-state index contributed by atoms with van der Waals surface area (Å²) in [5, 5.41) is 1.61. The molecule has 19 heavy (non-hydrogen) atoms. The molecule has 0 aliphatic carbocycles. The third-order valence-electron chi connectivity index (χ3n) is 2.67. The molecule has 0 aromatic heterocycles. The summed E-state index contributed by atoms with van der Waals surface area (Å²) >= 11 is 0. The van der Waals surface area contributed by atoms with Gasteiger partial charge in [0.05, 0.1) is 19.1 Å². The Hall–Kier alpha value is -1.43. The molecular weight excluding hydrogens is 244 g/mol. The molecule has 0 saturated heterocycles. The van der Waals surface area contributed by atoms with Crippen LogP contribution in [0.1, 0.15) is 12.5 Å². The van der Waals surface area contributed by atoms with Crippen LogP contribution in [0.25, 0.3) is 0 Å². The molecule has 1 atom stereocenters. The maximum Gasteiger partial charge on any atom is 0.312 e. The van der Waals surface area contributed by atoms with Crippen molar-refractivity contribution in [1.29, 1.82) is 0 Å². The fraction of sp³-hybridized carbons (Fsp3) is 0.500. The van der Waals surface area contributed by atoms with E-state index in [2.05, 4.69) is 0 Å². The third kappa shape index (κ3) is 5.83. The second-order valence-corrected chi connectivity index (χ2v) is 4.32. The molecule has 5 nitrogen and oxygen atoms in total. The van der Waals surface area contributed by atoms with Crippen LogP contribution in [0.3, 0.4) is 0 Å². The molecule has 0 aliphatic heterocycles. The van der Waals surface area contributed by atoms with Crippen LogP contribution in [-0.2, 0) is 20.8 Å². The van der Waals surface area contributed by atoms with E-state index < -0.39 is 0 Å². The van der Waals surface area contributed by atoms with Gasteiger partial charge < -0.3 is 9.47 Å². The van der Waals surface area contributed by atoms with Crippen LogP contribution in [0.15, 0.2) is 30.3 Å². The van der Waals surface area contributed by atoms with Crippen LogP contribution in [0.4, 0.5) is 0 Å². The van der Waals surface area contributed by atoms with Gasteiger partial charge in [-0.15, -0.1) is 0 Å². The number of methoxy groups -OCH3 is 1. The SMILES string of the molecule is CCOC(=O)C(COC)CN(N)Cc1ccccc1. The van der Waals surface area contributed by atoms with Crippen LogP contribution < -0.4 is 5.84 Å². The van der Waals surface area contributed by atoms with Gasteiger partial charge in [0.25, 0.3) is 0 Å². The van der Waals surface area contributed by atoms with E-state index >= 15 is 0 Å². The van der Waals surface area contributed by atoms with Crippen LogP contribution in [0.5, 0.6) is 0 Å². The summed E-state index contributed by atoms with van der Waals surface area (Å²) in [4.78, 5) is 11.7. The Morgan fingerprint density at radius 1 is 1.37 bits per heavy atom. The fourth-order valence-electron chi connectivity index (χ4n) is 1.82. The van der Waals surface area contributed by atoms with Gasteiger partial charge in [-0.1, -0.05) is 30.3 Å². The average molecular weight is 266 g/mol. The summed E-state index contributed by atoms with van der Waals surface area (Å²) in [6.45, 7) is 3.44. The second-order valence-electron chi connectivity index (χ2n) is 4.32. The maximum atomic E-state index is 11.7. The van der Waals surface area contributed by atoms with Crippen molar-refractivity contribution in [2.45, 2.75) is 13.5 Å². The Balaban J connectivity index is 2.51. The fourth-order valence-corrected chi connectivity index (χ4v) is 1.82. The predicted octanol–water partition coefficient (Wildman–Crippen LogP) is 1.19. The largest absolute Gasteiger partial charge is 0.466 e. The van der Waals surface area contributed by atoms with Gasteiger partial charge >= 0.3 is 5.97 Å². The lowest BCUT2D eigenvalue weighted by Crippen LogP contribution is -2.40. The molecule has 1 aromatic rings. The Labute approximate surface area is 114 Å². The summed E-state index contributed by atoms with van der Waals surface area (Å²) in [6, 6.07) is 9.87. The van der Waals surface area contributed by atoms with Crippen molar-refractivity contribution >= 4 is 5.97 Å². The van der Waals surface area contributed by atoms with E-state index in [9.17, 15) is 4.79 Å². The summed E-state index contributed by atoms with van der Waals surface area (Å²) in [7, 11) is 1.56. The molecule has 0 fully saturated rings. The molecule has 5 heteroatoms. The van der Waals surface area contributed by atoms with Gasteiger partial charge in [-0.25, -0.2) is 5.01 Å². The van der Waals surface area contributed by atoms with E-state index in [4.69, 9.17) is 15.3 Å². The number of hydrazine groups is 1. The van der Waals surface area contributed by atoms with E-state index in [0.29, 0.717) is 26.3 Å². The van der Waals surface area contributed by atoms with Gasteiger partial charge in [0.1, 0.15) is 0 Å². The standard InChI is InChI=1S/C14H22N2O3/c1-3-19-14(17)13(11-18-2)10-16(15)9-12-7-5-4-6-8-12/h4-8,13H,3,9-11,15H2,1-2H3. The van der Waals surface area contributed by atoms with Crippen LogP contribution in [0.2, 0.25) is 0 Å². The first kappa shape index (κ1) is 15.6. The van der Waals surface area contributed by atoms with Crippen molar-refractivity contribution in [1.82, 2.24) is 5.01 Å². The average Bonchev–Trinajstić information content (AvgIpc) is 2.39. The number of carbonyl (C=O) groups is 1. The highest BCUT2D eigenvalue weighted by Crippen LogP contribution is 2.06. The van der Waals surface area contributed by atoms with E-state index in [0.717, 1.165) is 5.56 Å². The van der Waals surface area contributed by atoms with Crippen LogP contribution in [0, 0.1) is 5.92 Å². The molecular formula is C14H22N2O3. The molecule has 1 aromatic carbocycles. The number of nitrogens with two attached hydrogens (primary N) is 1. The lowest BCUT2D eigenvalue weighted by Gasteiger charge is -2.22. The molecule has 0 bridgehead atoms. The molecule has 1 rings (SSSR count). The van der Waals surface area contributed by atoms with Gasteiger partial charge in [0.15, 0.2) is 0 Å². The first-order valence-corrected chi connectivity index (χ1v) is 6.36. The summed E-state index contributed by atoms with van der Waals surface area (Å²) < 4.78 is 10.0. The highest BCUT2D eigenvalue weighted by molar-refractivity contribution is 5.72. The summed E-state index contributed by atoms with van der Waals surface area (Å²) in [5.74, 6) is 5.31. The monoisotopic (exact) mass is 266 g/mol. The van der Waals surface area contributed by atoms with Crippen molar-refractivity contribution < 1.29 is 14.3 Å². The smallest absolute Gasteiger partial charge is 0.312 e. The van der Waals surface area contributed by atoms with Crippen molar-refractivity contribution in [2.75, 3.05) is 26.9 Å². The Bertz CT molecular complexity index is 370. The molecule has 1 unspecified atom stereocenters. The van der Waals surface area contributed by atoms with Gasteiger partial charge in [0, 0.05) is 20.2 Å². The molecule has 0 saturated carbocycles. The molecule has 2 N–H and O–H groups in total. The van der Waals surface area contributed by atoms with E-state index in [-0.39, 0.29) is 11.9 Å². The number of esters is 1. The van der Waals surface area contributed by atoms with Crippen molar-refractivity contribution in [2.24, 2.45) is 11.8 Å². The third-order valence-corrected chi connectivity index (χ3v) is 2.67. The number of benzene rings is 1. The lowest BCUT2D eigenvalue weighted by molar-refractivity contribution is -0.150. The zero-order valence-electron chi connectivity index (χ0n) is 11.5. The maximum absolute atomic E-state index is 11.7. The van der Waals surface area contributed by atoms with E-state index in [1.54, 1.807) is 19.0 Å². The normalized spacial score (nSPS) is 12.4. The number of carbonyl (C=O) groups excluding carboxylic acids is 1. The quantitative estimate of drug-likeness (QED) is 0.435. The van der Waals surface area contributed by atoms with Crippen molar-refractivity contribution in [3.8, 4) is 0 Å². The minimum Gasteiger partial charge on any atom is -0.466 e. The highest BCUT2D eigenvalue weighted by Gasteiger charge is 2.21. The summed E-state index contributed by atoms with van der Waals surface area (Å²) in [6.07, 6.45) is 0. The predicted molar refractivity (Wildman–Crippen MR) is 73.0 cm³/mol. The minimum atomic E-state index is -0.362. The zero-order valence-corrected chi connectivity index (χ0v) is 11.5. The molecule has 0 heterocycles. The molecule has 0 amide bonds. The number of hydrogen-bond acceptors (Lipinski definition) is 5. The number of rotatable bonds is 8. The van der Waals surface area contributed by atoms with E-state index in [1.807, 2.05) is 30.3 Å². The van der Waals surface area contributed by atoms with Gasteiger partial charge in [0.2, 0.25) is 0 Å². The van der Waals surface area contributed by atoms with Gasteiger partial charge in [-0.05, 0) is 12.5 Å². The Morgan fingerprint density at radius 3 is 2.63 bits per heavy atom. The number of nitrogens with zero attached hydrogens (tertiary/aromatic N) is 1. The molecule has 0 aliphatic rings. The van der Waals surface area contributed by atoms with E-state index in [1.165, 1.54) is 0 Å². The number of ether oxygens (including phenoxy) is 2. The molecule has 0 spiro atoms. The molecule has 106 valence electrons.